The van der Waals surface area contributed by atoms with Crippen molar-refractivity contribution in [2.45, 2.75) is 38.8 Å². The molecule has 28 heavy (non-hydrogen) atoms. The van der Waals surface area contributed by atoms with Crippen LogP contribution >= 0.6 is 0 Å². The highest BCUT2D eigenvalue weighted by molar-refractivity contribution is 5.90. The van der Waals surface area contributed by atoms with Crippen molar-refractivity contribution < 1.29 is 23.9 Å². The predicted octanol–water partition coefficient (Wildman–Crippen LogP) is 1.99. The van der Waals surface area contributed by atoms with E-state index in [-0.39, 0.29) is 12.8 Å². The Hall–Kier alpha value is -3.22. The van der Waals surface area contributed by atoms with Crippen molar-refractivity contribution >= 4 is 17.8 Å². The van der Waals surface area contributed by atoms with E-state index in [9.17, 15) is 23.9 Å². The fraction of sp³-hybridized carbons (Fsp3) is 0.286. The molecule has 0 heterocycles. The summed E-state index contributed by atoms with van der Waals surface area (Å²) in [5.74, 6) is -2.71. The fourth-order valence-corrected chi connectivity index (χ4v) is 2.89. The van der Waals surface area contributed by atoms with Crippen LogP contribution in [0.1, 0.15) is 23.6 Å². The molecule has 2 rings (SSSR count). The molecule has 2 amide bonds. The Morgan fingerprint density at radius 2 is 1.71 bits per heavy atom. The summed E-state index contributed by atoms with van der Waals surface area (Å²) in [6.45, 7) is 3.12. The van der Waals surface area contributed by atoms with Gasteiger partial charge in [0.25, 0.3) is 0 Å². The highest BCUT2D eigenvalue weighted by atomic mass is 19.1. The highest BCUT2D eigenvalue weighted by Gasteiger charge is 2.26. The van der Waals surface area contributed by atoms with Gasteiger partial charge in [0, 0.05) is 19.8 Å². The van der Waals surface area contributed by atoms with Gasteiger partial charge in [0.2, 0.25) is 11.8 Å². The molecule has 0 aliphatic rings. The zero-order valence-corrected chi connectivity index (χ0v) is 15.7. The van der Waals surface area contributed by atoms with E-state index in [4.69, 9.17) is 0 Å². The number of carbonyl (C=O) groups excluding carboxylic acids is 2. The van der Waals surface area contributed by atoms with Gasteiger partial charge in [-0.05, 0) is 35.7 Å². The van der Waals surface area contributed by atoms with Crippen molar-refractivity contribution in [2.75, 3.05) is 0 Å². The predicted molar refractivity (Wildman–Crippen MR) is 102 cm³/mol. The van der Waals surface area contributed by atoms with E-state index < -0.39 is 35.7 Å². The third-order valence-electron chi connectivity index (χ3n) is 4.32. The van der Waals surface area contributed by atoms with Crippen LogP contribution < -0.4 is 10.6 Å². The van der Waals surface area contributed by atoms with E-state index in [1.807, 2.05) is 19.1 Å². The van der Waals surface area contributed by atoms with Crippen LogP contribution in [-0.4, -0.2) is 35.0 Å². The minimum Gasteiger partial charge on any atom is -0.480 e. The van der Waals surface area contributed by atoms with Crippen molar-refractivity contribution in [3.05, 3.63) is 71.0 Å². The lowest BCUT2D eigenvalue weighted by atomic mass is 10.00. The molecule has 2 aromatic rings. The monoisotopic (exact) mass is 386 g/mol. The van der Waals surface area contributed by atoms with Crippen molar-refractivity contribution in [3.8, 4) is 0 Å². The third-order valence-corrected chi connectivity index (χ3v) is 4.32. The molecular weight excluding hydrogens is 363 g/mol. The largest absolute Gasteiger partial charge is 0.480 e. The Bertz CT molecular complexity index is 869. The minimum atomic E-state index is -1.18. The van der Waals surface area contributed by atoms with Crippen LogP contribution in [0.25, 0.3) is 0 Å². The first-order chi connectivity index (χ1) is 13.3. The molecule has 0 saturated carbocycles. The van der Waals surface area contributed by atoms with E-state index in [2.05, 4.69) is 10.6 Å². The molecule has 0 radical (unpaired) electrons. The summed E-state index contributed by atoms with van der Waals surface area (Å²) in [6, 6.07) is 10.8. The van der Waals surface area contributed by atoms with Crippen LogP contribution in [-0.2, 0) is 27.2 Å². The first-order valence-corrected chi connectivity index (χ1v) is 8.85. The van der Waals surface area contributed by atoms with E-state index >= 15 is 0 Å². The smallest absolute Gasteiger partial charge is 0.326 e. The average molecular weight is 386 g/mol. The van der Waals surface area contributed by atoms with E-state index in [1.165, 1.54) is 25.1 Å². The molecule has 2 atom stereocenters. The van der Waals surface area contributed by atoms with Crippen molar-refractivity contribution in [3.63, 3.8) is 0 Å². The number of carbonyl (C=O) groups is 3. The Morgan fingerprint density at radius 3 is 2.32 bits per heavy atom. The summed E-state index contributed by atoms with van der Waals surface area (Å²) in [4.78, 5) is 35.8. The number of rotatable bonds is 8. The lowest BCUT2D eigenvalue weighted by Gasteiger charge is -2.21. The van der Waals surface area contributed by atoms with Crippen LogP contribution in [0, 0.1) is 12.7 Å². The van der Waals surface area contributed by atoms with Crippen molar-refractivity contribution in [2.24, 2.45) is 0 Å². The molecular formula is C21H23FN2O4. The Kier molecular flexibility index (Phi) is 7.26. The van der Waals surface area contributed by atoms with Crippen LogP contribution in [0.2, 0.25) is 0 Å². The number of hydrogen-bond donors (Lipinski definition) is 3. The first kappa shape index (κ1) is 21.1. The van der Waals surface area contributed by atoms with Gasteiger partial charge < -0.3 is 15.7 Å². The Labute approximate surface area is 162 Å². The van der Waals surface area contributed by atoms with Gasteiger partial charge in [-0.2, -0.15) is 0 Å². The maximum Gasteiger partial charge on any atom is 0.326 e. The van der Waals surface area contributed by atoms with Crippen LogP contribution in [0.4, 0.5) is 4.39 Å². The number of carboxylic acids is 1. The second-order valence-electron chi connectivity index (χ2n) is 6.62. The van der Waals surface area contributed by atoms with Gasteiger partial charge >= 0.3 is 5.97 Å². The lowest BCUT2D eigenvalue weighted by Crippen LogP contribution is -2.52. The Morgan fingerprint density at radius 1 is 1.00 bits per heavy atom. The number of amides is 2. The molecule has 0 fully saturated rings. The number of benzene rings is 2. The fourth-order valence-electron chi connectivity index (χ4n) is 2.89. The number of aliphatic carboxylic acids is 1. The zero-order valence-electron chi connectivity index (χ0n) is 15.7. The SMILES string of the molecule is CC(=O)N[C@@H](Cc1cccc(F)c1)C(=O)N[C@H](Cc1ccccc1C)C(=O)O. The number of carboxylic acid groups (broad SMARTS) is 1. The second kappa shape index (κ2) is 9.64. The normalized spacial score (nSPS) is 12.7. The molecule has 0 unspecified atom stereocenters. The summed E-state index contributed by atoms with van der Waals surface area (Å²) in [7, 11) is 0. The first-order valence-electron chi connectivity index (χ1n) is 8.85. The minimum absolute atomic E-state index is 0.0415. The number of halogens is 1. The molecule has 0 saturated heterocycles. The van der Waals surface area contributed by atoms with Gasteiger partial charge in [-0.3, -0.25) is 9.59 Å². The maximum absolute atomic E-state index is 13.4. The highest BCUT2D eigenvalue weighted by Crippen LogP contribution is 2.11. The maximum atomic E-state index is 13.4. The molecule has 0 aromatic heterocycles. The van der Waals surface area contributed by atoms with E-state index in [1.54, 1.807) is 18.2 Å². The van der Waals surface area contributed by atoms with Gasteiger partial charge in [0.15, 0.2) is 0 Å². The van der Waals surface area contributed by atoms with Gasteiger partial charge in [-0.25, -0.2) is 9.18 Å². The number of aryl methyl sites for hydroxylation is 1. The topological polar surface area (TPSA) is 95.5 Å². The van der Waals surface area contributed by atoms with Gasteiger partial charge in [0.05, 0.1) is 0 Å². The molecule has 148 valence electrons. The zero-order chi connectivity index (χ0) is 20.7. The summed E-state index contributed by atoms with van der Waals surface area (Å²) in [5, 5.41) is 14.5. The molecule has 0 aliphatic carbocycles. The van der Waals surface area contributed by atoms with Gasteiger partial charge in [-0.1, -0.05) is 36.4 Å². The van der Waals surface area contributed by atoms with Crippen LogP contribution in [0.3, 0.4) is 0 Å². The molecule has 2 aromatic carbocycles. The Balaban J connectivity index is 2.15. The van der Waals surface area contributed by atoms with Crippen LogP contribution in [0.5, 0.6) is 0 Å². The van der Waals surface area contributed by atoms with E-state index in [0.717, 1.165) is 11.1 Å². The van der Waals surface area contributed by atoms with E-state index in [0.29, 0.717) is 5.56 Å². The third kappa shape index (κ3) is 6.19. The summed E-state index contributed by atoms with van der Waals surface area (Å²) >= 11 is 0. The average Bonchev–Trinajstić information content (AvgIpc) is 2.61. The molecule has 0 spiro atoms. The van der Waals surface area contributed by atoms with Gasteiger partial charge in [-0.15, -0.1) is 0 Å². The number of nitrogens with one attached hydrogen (secondary N) is 2. The second-order valence-corrected chi connectivity index (χ2v) is 6.62. The van der Waals surface area contributed by atoms with Crippen molar-refractivity contribution in [1.82, 2.24) is 10.6 Å². The lowest BCUT2D eigenvalue weighted by molar-refractivity contribution is -0.142. The summed E-state index contributed by atoms with van der Waals surface area (Å²) < 4.78 is 13.4. The molecule has 6 nitrogen and oxygen atoms in total. The number of hydrogen-bond acceptors (Lipinski definition) is 3. The molecule has 0 bridgehead atoms. The summed E-state index contributed by atoms with van der Waals surface area (Å²) in [5.41, 5.74) is 2.23. The molecule has 3 N–H and O–H groups in total. The molecule has 7 heteroatoms. The quantitative estimate of drug-likeness (QED) is 0.647. The summed E-state index contributed by atoms with van der Waals surface area (Å²) in [6.07, 6.45) is 0.153. The van der Waals surface area contributed by atoms with Crippen LogP contribution in [0.15, 0.2) is 48.5 Å². The van der Waals surface area contributed by atoms with Crippen molar-refractivity contribution in [1.29, 1.82) is 0 Å². The standard InChI is InChI=1S/C21H23FN2O4/c1-13-6-3-4-8-16(13)12-19(21(27)28)24-20(26)18(23-14(2)25)11-15-7-5-9-17(22)10-15/h3-10,18-19H,11-12H2,1-2H3,(H,23,25)(H,24,26)(H,27,28)/t18-,19+/m0/s1. The van der Waals surface area contributed by atoms with Gasteiger partial charge in [0.1, 0.15) is 17.9 Å². The molecule has 0 aliphatic heterocycles.